The molecule has 0 spiro atoms. The Bertz CT molecular complexity index is 422. The molecule has 0 saturated carbocycles. The van der Waals surface area contributed by atoms with Crippen molar-refractivity contribution in [1.82, 2.24) is 0 Å². The van der Waals surface area contributed by atoms with Crippen molar-refractivity contribution in [3.05, 3.63) is 29.8 Å². The predicted octanol–water partition coefficient (Wildman–Crippen LogP) is 2.23. The number of aliphatic hydroxyl groups is 1. The van der Waals surface area contributed by atoms with E-state index in [1.807, 2.05) is 31.2 Å². The lowest BCUT2D eigenvalue weighted by atomic mass is 9.90. The number of ether oxygens (including phenoxy) is 1. The molecular weight excluding hydrogens is 242 g/mol. The first-order chi connectivity index (χ1) is 9.19. The molecule has 0 bridgehead atoms. The van der Waals surface area contributed by atoms with Gasteiger partial charge in [0.05, 0.1) is 12.1 Å². The number of benzene rings is 1. The van der Waals surface area contributed by atoms with Gasteiger partial charge in [-0.05, 0) is 37.1 Å². The Labute approximate surface area is 113 Å². The Kier molecular flexibility index (Phi) is 4.56. The van der Waals surface area contributed by atoms with Gasteiger partial charge >= 0.3 is 0 Å². The fourth-order valence-corrected chi connectivity index (χ4v) is 2.33. The topological polar surface area (TPSA) is 58.6 Å². The lowest BCUT2D eigenvalue weighted by Gasteiger charge is -2.37. The van der Waals surface area contributed by atoms with E-state index in [1.54, 1.807) is 0 Å². The molecule has 0 atom stereocenters. The molecule has 4 nitrogen and oxygen atoms in total. The van der Waals surface area contributed by atoms with Gasteiger partial charge in [-0.2, -0.15) is 0 Å². The van der Waals surface area contributed by atoms with Crippen molar-refractivity contribution in [2.45, 2.75) is 31.7 Å². The monoisotopic (exact) mass is 263 g/mol. The van der Waals surface area contributed by atoms with Crippen molar-refractivity contribution in [3.8, 4) is 0 Å². The second-order valence-electron chi connectivity index (χ2n) is 5.03. The summed E-state index contributed by atoms with van der Waals surface area (Å²) in [4.78, 5) is 11.6. The highest BCUT2D eigenvalue weighted by Gasteiger charge is 2.31. The Hall–Kier alpha value is -1.39. The summed E-state index contributed by atoms with van der Waals surface area (Å²) in [6.07, 6.45) is 2.10. The molecule has 0 aromatic heterocycles. The number of carbonyl (C=O) groups is 1. The fourth-order valence-electron chi connectivity index (χ4n) is 2.33. The normalized spacial score (nSPS) is 18.0. The summed E-state index contributed by atoms with van der Waals surface area (Å²) in [5, 5.41) is 13.0. The van der Waals surface area contributed by atoms with Crippen LogP contribution in [-0.2, 0) is 4.74 Å². The summed E-state index contributed by atoms with van der Waals surface area (Å²) in [6.45, 7) is 3.28. The first-order valence-electron chi connectivity index (χ1n) is 6.79. The molecule has 2 N–H and O–H groups in total. The molecule has 1 aromatic rings. The van der Waals surface area contributed by atoms with E-state index in [4.69, 9.17) is 4.74 Å². The predicted molar refractivity (Wildman–Crippen MR) is 74.6 cm³/mol. The fraction of sp³-hybridized carbons (Fsp3) is 0.533. The molecule has 2 rings (SSSR count). The van der Waals surface area contributed by atoms with E-state index in [-0.39, 0.29) is 17.9 Å². The average Bonchev–Trinajstić information content (AvgIpc) is 2.48. The maximum absolute atomic E-state index is 11.6. The molecule has 1 fully saturated rings. The molecule has 19 heavy (non-hydrogen) atoms. The molecule has 4 heteroatoms. The summed E-state index contributed by atoms with van der Waals surface area (Å²) < 4.78 is 5.33. The Morgan fingerprint density at radius 2 is 1.95 bits per heavy atom. The summed E-state index contributed by atoms with van der Waals surface area (Å²) in [6, 6.07) is 7.46. The van der Waals surface area contributed by atoms with Crippen LogP contribution in [0.1, 0.15) is 36.5 Å². The van der Waals surface area contributed by atoms with Gasteiger partial charge in [-0.3, -0.25) is 4.79 Å². The van der Waals surface area contributed by atoms with Crippen molar-refractivity contribution >= 4 is 11.5 Å². The van der Waals surface area contributed by atoms with Crippen LogP contribution in [-0.4, -0.2) is 36.2 Å². The lowest BCUT2D eigenvalue weighted by molar-refractivity contribution is 0.0380. The van der Waals surface area contributed by atoms with Gasteiger partial charge in [-0.1, -0.05) is 6.92 Å². The van der Waals surface area contributed by atoms with Crippen LogP contribution in [0.5, 0.6) is 0 Å². The number of carbonyl (C=O) groups excluding carboxylic acids is 1. The third-order valence-electron chi connectivity index (χ3n) is 3.69. The number of Topliss-reactive ketones (excluding diaryl/α,β-unsaturated/α-hetero) is 1. The van der Waals surface area contributed by atoms with Crippen LogP contribution in [0.15, 0.2) is 24.3 Å². The minimum atomic E-state index is -0.297. The van der Waals surface area contributed by atoms with Gasteiger partial charge in [0.1, 0.15) is 0 Å². The van der Waals surface area contributed by atoms with Crippen molar-refractivity contribution in [2.24, 2.45) is 0 Å². The van der Waals surface area contributed by atoms with E-state index in [9.17, 15) is 9.90 Å². The van der Waals surface area contributed by atoms with Crippen LogP contribution >= 0.6 is 0 Å². The van der Waals surface area contributed by atoms with E-state index in [1.165, 1.54) is 0 Å². The number of anilines is 1. The maximum Gasteiger partial charge on any atom is 0.162 e. The van der Waals surface area contributed by atoms with Gasteiger partial charge in [0, 0.05) is 30.9 Å². The van der Waals surface area contributed by atoms with Crippen LogP contribution < -0.4 is 5.32 Å². The number of hydrogen-bond acceptors (Lipinski definition) is 4. The van der Waals surface area contributed by atoms with Gasteiger partial charge in [0.15, 0.2) is 5.78 Å². The highest BCUT2D eigenvalue weighted by molar-refractivity contribution is 5.96. The standard InChI is InChI=1S/C15H21NO3/c1-2-14(18)12-3-5-13(6-4-12)16-15(11-17)7-9-19-10-8-15/h3-6,16-17H,2,7-11H2,1H3. The summed E-state index contributed by atoms with van der Waals surface area (Å²) in [5.74, 6) is 0.148. The summed E-state index contributed by atoms with van der Waals surface area (Å²) >= 11 is 0. The zero-order chi connectivity index (χ0) is 13.7. The highest BCUT2D eigenvalue weighted by atomic mass is 16.5. The van der Waals surface area contributed by atoms with Crippen molar-refractivity contribution < 1.29 is 14.6 Å². The molecule has 1 saturated heterocycles. The van der Waals surface area contributed by atoms with Gasteiger partial charge in [-0.25, -0.2) is 0 Å². The first kappa shape index (κ1) is 14.0. The van der Waals surface area contributed by atoms with E-state index in [0.29, 0.717) is 19.6 Å². The highest BCUT2D eigenvalue weighted by Crippen LogP contribution is 2.25. The molecule has 0 radical (unpaired) electrons. The third kappa shape index (κ3) is 3.33. The maximum atomic E-state index is 11.6. The molecule has 1 aliphatic heterocycles. The zero-order valence-electron chi connectivity index (χ0n) is 11.3. The molecule has 1 aromatic carbocycles. The number of rotatable bonds is 5. The number of nitrogens with one attached hydrogen (secondary N) is 1. The molecule has 1 heterocycles. The number of aliphatic hydroxyl groups excluding tert-OH is 1. The second kappa shape index (κ2) is 6.17. The van der Waals surface area contributed by atoms with Gasteiger partial charge in [-0.15, -0.1) is 0 Å². The van der Waals surface area contributed by atoms with Crippen LogP contribution in [0, 0.1) is 0 Å². The van der Waals surface area contributed by atoms with Crippen LogP contribution in [0.25, 0.3) is 0 Å². The van der Waals surface area contributed by atoms with Gasteiger partial charge in [0.25, 0.3) is 0 Å². The van der Waals surface area contributed by atoms with Crippen LogP contribution in [0.4, 0.5) is 5.69 Å². The minimum Gasteiger partial charge on any atom is -0.394 e. The van der Waals surface area contributed by atoms with Gasteiger partial charge in [0.2, 0.25) is 0 Å². The Morgan fingerprint density at radius 3 is 2.47 bits per heavy atom. The number of hydrogen-bond donors (Lipinski definition) is 2. The molecule has 104 valence electrons. The molecular formula is C15H21NO3. The van der Waals surface area contributed by atoms with Gasteiger partial charge < -0.3 is 15.2 Å². The molecule has 0 amide bonds. The quantitative estimate of drug-likeness (QED) is 0.800. The smallest absolute Gasteiger partial charge is 0.162 e. The average molecular weight is 263 g/mol. The van der Waals surface area contributed by atoms with Crippen LogP contribution in [0.3, 0.4) is 0 Å². The molecule has 1 aliphatic rings. The van der Waals surface area contributed by atoms with Crippen molar-refractivity contribution in [1.29, 1.82) is 0 Å². The molecule has 0 unspecified atom stereocenters. The van der Waals surface area contributed by atoms with E-state index in [2.05, 4.69) is 5.32 Å². The largest absolute Gasteiger partial charge is 0.394 e. The third-order valence-corrected chi connectivity index (χ3v) is 3.69. The van der Waals surface area contributed by atoms with E-state index in [0.717, 1.165) is 24.1 Å². The summed E-state index contributed by atoms with van der Waals surface area (Å²) in [5.41, 5.74) is 1.37. The lowest BCUT2D eigenvalue weighted by Crippen LogP contribution is -2.46. The van der Waals surface area contributed by atoms with Crippen LogP contribution in [0.2, 0.25) is 0 Å². The SMILES string of the molecule is CCC(=O)c1ccc(NC2(CO)CCOCC2)cc1. The minimum absolute atomic E-state index is 0.0893. The van der Waals surface area contributed by atoms with Crippen molar-refractivity contribution in [3.63, 3.8) is 0 Å². The number of ketones is 1. The summed E-state index contributed by atoms with van der Waals surface area (Å²) in [7, 11) is 0. The first-order valence-corrected chi connectivity index (χ1v) is 6.79. The Morgan fingerprint density at radius 1 is 1.32 bits per heavy atom. The zero-order valence-corrected chi connectivity index (χ0v) is 11.3. The second-order valence-corrected chi connectivity index (χ2v) is 5.03. The van der Waals surface area contributed by atoms with E-state index < -0.39 is 0 Å². The molecule has 0 aliphatic carbocycles. The van der Waals surface area contributed by atoms with Crippen molar-refractivity contribution in [2.75, 3.05) is 25.1 Å². The van der Waals surface area contributed by atoms with E-state index >= 15 is 0 Å². The Balaban J connectivity index is 2.07.